The van der Waals surface area contributed by atoms with Crippen molar-refractivity contribution < 1.29 is 23.8 Å². The van der Waals surface area contributed by atoms with Crippen LogP contribution in [0.15, 0.2) is 67.3 Å². The lowest BCUT2D eigenvalue weighted by Crippen LogP contribution is -2.47. The number of nitrogens with zero attached hydrogens (tertiary/aromatic N) is 3. The van der Waals surface area contributed by atoms with Gasteiger partial charge in [0.05, 0.1) is 11.1 Å². The molecule has 4 nitrogen and oxygen atoms in total. The third-order valence-corrected chi connectivity index (χ3v) is 9.60. The summed E-state index contributed by atoms with van der Waals surface area (Å²) in [4.78, 5) is 21.9. The molecule has 0 atom stereocenters. The number of carbonyl (C=O) groups excluding carboxylic acids is 1. The Hall–Kier alpha value is -3.52. The van der Waals surface area contributed by atoms with E-state index in [1.165, 1.54) is 54.8 Å². The number of allylic oxidation sites excluding steroid dienone is 1. The Balaban J connectivity index is 0.000000253. The molecule has 2 heterocycles. The molecule has 45 heavy (non-hydrogen) atoms. The molecule has 2 aromatic carbocycles. The Morgan fingerprint density at radius 3 is 2.36 bits per heavy atom. The van der Waals surface area contributed by atoms with E-state index in [-0.39, 0.29) is 12.7 Å². The van der Waals surface area contributed by atoms with Gasteiger partial charge in [0.2, 0.25) is 0 Å². The number of rotatable bonds is 9. The molecule has 242 valence electrons. The summed E-state index contributed by atoms with van der Waals surface area (Å²) in [6.07, 6.45) is 4.39. The van der Waals surface area contributed by atoms with Crippen molar-refractivity contribution in [1.29, 1.82) is 0 Å². The average Bonchev–Trinajstić information content (AvgIpc) is 3.96. The molecular formula is C37H45F4N3O. The van der Waals surface area contributed by atoms with Crippen LogP contribution in [0.5, 0.6) is 0 Å². The molecule has 8 heteroatoms. The molecule has 2 saturated carbocycles. The quantitative estimate of drug-likeness (QED) is 0.135. The number of ketones is 1. The number of halogens is 4. The van der Waals surface area contributed by atoms with Crippen LogP contribution >= 0.6 is 0 Å². The van der Waals surface area contributed by atoms with Crippen molar-refractivity contribution in [3.63, 3.8) is 0 Å². The first kappa shape index (κ1) is 32.9. The van der Waals surface area contributed by atoms with Gasteiger partial charge in [-0.3, -0.25) is 9.78 Å². The van der Waals surface area contributed by atoms with E-state index in [4.69, 9.17) is 4.98 Å². The van der Waals surface area contributed by atoms with Crippen molar-refractivity contribution in [3.8, 4) is 0 Å². The molecule has 3 fully saturated rings. The number of alkyl halides is 3. The van der Waals surface area contributed by atoms with E-state index in [9.17, 15) is 22.4 Å². The first-order chi connectivity index (χ1) is 21.4. The number of likely N-dealkylation sites (tertiary alicyclic amines) is 1. The molecule has 1 saturated heterocycles. The van der Waals surface area contributed by atoms with E-state index in [1.807, 2.05) is 12.1 Å². The predicted molar refractivity (Wildman–Crippen MR) is 173 cm³/mol. The van der Waals surface area contributed by atoms with Crippen molar-refractivity contribution >= 4 is 11.5 Å². The maximum Gasteiger partial charge on any atom is 0.416 e. The summed E-state index contributed by atoms with van der Waals surface area (Å²) >= 11 is 0. The molecule has 3 aliphatic rings. The van der Waals surface area contributed by atoms with Crippen molar-refractivity contribution in [3.05, 3.63) is 107 Å². The first-order valence-corrected chi connectivity index (χ1v) is 15.9. The molecular weight excluding hydrogens is 578 g/mol. The van der Waals surface area contributed by atoms with Gasteiger partial charge in [-0.25, -0.2) is 4.39 Å². The molecule has 0 spiro atoms. The van der Waals surface area contributed by atoms with Crippen molar-refractivity contribution in [2.24, 2.45) is 5.92 Å². The Morgan fingerprint density at radius 1 is 1.07 bits per heavy atom. The number of benzene rings is 2. The summed E-state index contributed by atoms with van der Waals surface area (Å²) in [5.74, 6) is 0.298. The molecule has 0 radical (unpaired) electrons. The molecule has 2 aliphatic carbocycles. The van der Waals surface area contributed by atoms with Crippen LogP contribution in [-0.4, -0.2) is 47.9 Å². The summed E-state index contributed by atoms with van der Waals surface area (Å²) in [6.45, 7) is 11.2. The Morgan fingerprint density at radius 2 is 1.78 bits per heavy atom. The minimum Gasteiger partial charge on any atom is -0.367 e. The summed E-state index contributed by atoms with van der Waals surface area (Å²) < 4.78 is 49.9. The van der Waals surface area contributed by atoms with Crippen LogP contribution in [0.3, 0.4) is 0 Å². The lowest BCUT2D eigenvalue weighted by molar-refractivity contribution is -0.137. The minimum atomic E-state index is -4.46. The number of pyridine rings is 1. The standard InChI is InChI=1S/C26H33N3O.C11H10F4.H2/c1-5-25(30)22-10-9-19(2)24(17-22)28(4)26(13-14-26)18-29-15-11-21(12-16-29)23-8-6-7-20(3)27-23;12-10-6-9(11(13,14)15)4-3-8(10)5-7-1-2-7;/h5-10,17,21H,1,11-16,18H2,2-4H3;3-4,6-7H,1-2,5H2;1H. The molecule has 0 unspecified atom stereocenters. The van der Waals surface area contributed by atoms with Crippen LogP contribution in [0.4, 0.5) is 23.2 Å². The summed E-state index contributed by atoms with van der Waals surface area (Å²) in [5, 5.41) is 0. The number of anilines is 1. The zero-order chi connectivity index (χ0) is 32.4. The smallest absolute Gasteiger partial charge is 0.367 e. The number of likely N-dealkylation sites (N-methyl/N-ethyl adjacent to an activating group) is 1. The highest BCUT2D eigenvalue weighted by Crippen LogP contribution is 2.45. The highest BCUT2D eigenvalue weighted by molar-refractivity contribution is 6.04. The SMILES string of the molecule is C=CC(=O)c1ccc(C)c(N(C)C2(CN3CCC(c4cccc(C)n4)CC3)CC2)c1.Fc1cc(C(F)(F)F)ccc1CC1CC1.[HH]. The van der Waals surface area contributed by atoms with E-state index in [1.54, 1.807) is 0 Å². The normalized spacial score (nSPS) is 18.1. The molecule has 6 rings (SSSR count). The van der Waals surface area contributed by atoms with Gasteiger partial charge in [0, 0.05) is 43.6 Å². The van der Waals surface area contributed by atoms with Crippen LogP contribution in [0.25, 0.3) is 0 Å². The van der Waals surface area contributed by atoms with Crippen LogP contribution < -0.4 is 4.90 Å². The number of hydrogen-bond acceptors (Lipinski definition) is 4. The number of aromatic nitrogens is 1. The Kier molecular flexibility index (Phi) is 9.83. The topological polar surface area (TPSA) is 36.4 Å². The van der Waals surface area contributed by atoms with Crippen molar-refractivity contribution in [2.45, 2.75) is 76.4 Å². The summed E-state index contributed by atoms with van der Waals surface area (Å²) in [6, 6.07) is 15.2. The Labute approximate surface area is 265 Å². The van der Waals surface area contributed by atoms with E-state index < -0.39 is 17.6 Å². The fourth-order valence-electron chi connectivity index (χ4n) is 6.36. The lowest BCUT2D eigenvalue weighted by atomic mass is 9.92. The van der Waals surface area contributed by atoms with Gasteiger partial charge in [0.15, 0.2) is 5.78 Å². The number of hydrogen-bond donors (Lipinski definition) is 0. The monoisotopic (exact) mass is 623 g/mol. The zero-order valence-electron chi connectivity index (χ0n) is 26.5. The maximum atomic E-state index is 13.3. The van der Waals surface area contributed by atoms with E-state index in [0.29, 0.717) is 29.9 Å². The average molecular weight is 624 g/mol. The van der Waals surface area contributed by atoms with Gasteiger partial charge in [-0.1, -0.05) is 30.8 Å². The van der Waals surface area contributed by atoms with Gasteiger partial charge in [-0.05, 0) is 125 Å². The van der Waals surface area contributed by atoms with Crippen molar-refractivity contribution in [1.82, 2.24) is 9.88 Å². The molecule has 0 bridgehead atoms. The number of piperidine rings is 1. The van der Waals surface area contributed by atoms with Gasteiger partial charge in [0.25, 0.3) is 0 Å². The third-order valence-electron chi connectivity index (χ3n) is 9.60. The highest BCUT2D eigenvalue weighted by Gasteiger charge is 2.48. The van der Waals surface area contributed by atoms with E-state index >= 15 is 0 Å². The lowest BCUT2D eigenvalue weighted by Gasteiger charge is -2.39. The minimum absolute atomic E-state index is 0. The van der Waals surface area contributed by atoms with Gasteiger partial charge < -0.3 is 9.80 Å². The zero-order valence-corrected chi connectivity index (χ0v) is 26.5. The first-order valence-electron chi connectivity index (χ1n) is 15.9. The van der Waals surface area contributed by atoms with E-state index in [0.717, 1.165) is 49.8 Å². The largest absolute Gasteiger partial charge is 0.416 e. The number of carbonyl (C=O) groups is 1. The van der Waals surface area contributed by atoms with Crippen LogP contribution in [0, 0.1) is 25.6 Å². The second-order valence-corrected chi connectivity index (χ2v) is 13.1. The molecule has 1 aliphatic heterocycles. The second-order valence-electron chi connectivity index (χ2n) is 13.1. The molecule has 3 aromatic rings. The van der Waals surface area contributed by atoms with Gasteiger partial charge in [-0.15, -0.1) is 0 Å². The van der Waals surface area contributed by atoms with Gasteiger partial charge in [-0.2, -0.15) is 13.2 Å². The molecule has 1 aromatic heterocycles. The van der Waals surface area contributed by atoms with Crippen molar-refractivity contribution in [2.75, 3.05) is 31.6 Å². The summed E-state index contributed by atoms with van der Waals surface area (Å²) in [7, 11) is 2.20. The number of aryl methyl sites for hydroxylation is 2. The summed E-state index contributed by atoms with van der Waals surface area (Å²) in [5.41, 5.74) is 5.14. The maximum absolute atomic E-state index is 13.3. The van der Waals surface area contributed by atoms with Gasteiger partial charge >= 0.3 is 6.18 Å². The fraction of sp³-hybridized carbons (Fsp3) is 0.459. The van der Waals surface area contributed by atoms with Crippen LogP contribution in [-0.2, 0) is 12.6 Å². The van der Waals surface area contributed by atoms with Gasteiger partial charge in [0.1, 0.15) is 5.82 Å². The highest BCUT2D eigenvalue weighted by atomic mass is 19.4. The fourth-order valence-corrected chi connectivity index (χ4v) is 6.36. The second kappa shape index (κ2) is 13.5. The van der Waals surface area contributed by atoms with Crippen LogP contribution in [0.2, 0.25) is 0 Å². The van der Waals surface area contributed by atoms with E-state index in [2.05, 4.69) is 61.5 Å². The van der Waals surface area contributed by atoms with Crippen LogP contribution in [0.1, 0.15) is 84.3 Å². The molecule has 0 amide bonds. The molecule has 0 N–H and O–H groups in total. The third kappa shape index (κ3) is 8.20. The predicted octanol–water partition coefficient (Wildman–Crippen LogP) is 8.96. The Bertz CT molecular complexity index is 1530.